The predicted octanol–water partition coefficient (Wildman–Crippen LogP) is 1.25. The monoisotopic (exact) mass is 244 g/mol. The van der Waals surface area contributed by atoms with Gasteiger partial charge in [0.2, 0.25) is 0 Å². The first-order chi connectivity index (χ1) is 8.66. The average Bonchev–Trinajstić information content (AvgIpc) is 2.78. The Hall–Kier alpha value is -2.50. The lowest BCUT2D eigenvalue weighted by molar-refractivity contribution is 0.432. The molecule has 0 saturated carbocycles. The van der Waals surface area contributed by atoms with Crippen molar-refractivity contribution >= 4 is 11.5 Å². The number of aromatic nitrogens is 2. The second-order valence-electron chi connectivity index (χ2n) is 3.91. The molecule has 1 aliphatic heterocycles. The molecule has 0 aliphatic carbocycles. The van der Waals surface area contributed by atoms with Gasteiger partial charge in [0.05, 0.1) is 23.5 Å². The highest BCUT2D eigenvalue weighted by Gasteiger charge is 2.22. The summed E-state index contributed by atoms with van der Waals surface area (Å²) in [6.07, 6.45) is 1.38. The van der Waals surface area contributed by atoms with Crippen LogP contribution in [-0.4, -0.2) is 20.8 Å². The molecule has 1 aliphatic rings. The van der Waals surface area contributed by atoms with Gasteiger partial charge in [-0.3, -0.25) is 4.99 Å². The van der Waals surface area contributed by atoms with Crippen molar-refractivity contribution in [1.29, 1.82) is 0 Å². The molecule has 0 bridgehead atoms. The second kappa shape index (κ2) is 3.76. The number of halogens is 1. The van der Waals surface area contributed by atoms with Crippen molar-refractivity contribution in [2.75, 3.05) is 5.73 Å². The molecule has 0 atom stereocenters. The molecule has 0 spiro atoms. The molecule has 90 valence electrons. The summed E-state index contributed by atoms with van der Waals surface area (Å²) in [5.41, 5.74) is 8.27. The molecule has 2 aromatic rings. The van der Waals surface area contributed by atoms with E-state index in [2.05, 4.69) is 15.0 Å². The highest BCUT2D eigenvalue weighted by Crippen LogP contribution is 2.26. The molecule has 3 N–H and O–H groups in total. The van der Waals surface area contributed by atoms with Crippen molar-refractivity contribution in [2.45, 2.75) is 6.54 Å². The number of fused-ring (bicyclic) bond motifs is 1. The summed E-state index contributed by atoms with van der Waals surface area (Å²) in [6.45, 7) is 0.403. The van der Waals surface area contributed by atoms with Crippen LogP contribution in [0.1, 0.15) is 16.8 Å². The van der Waals surface area contributed by atoms with E-state index in [0.717, 1.165) is 5.69 Å². The van der Waals surface area contributed by atoms with E-state index in [1.165, 1.54) is 18.5 Å². The lowest BCUT2D eigenvalue weighted by atomic mass is 10.0. The number of phenols is 1. The molecule has 0 amide bonds. The van der Waals surface area contributed by atoms with E-state index in [9.17, 15) is 9.50 Å². The molecule has 1 aromatic heterocycles. The van der Waals surface area contributed by atoms with Crippen LogP contribution in [0.15, 0.2) is 29.5 Å². The number of anilines is 1. The summed E-state index contributed by atoms with van der Waals surface area (Å²) in [6, 6.07) is 4.08. The van der Waals surface area contributed by atoms with Crippen molar-refractivity contribution in [1.82, 2.24) is 9.97 Å². The van der Waals surface area contributed by atoms with Crippen LogP contribution in [0.4, 0.5) is 10.2 Å². The summed E-state index contributed by atoms with van der Waals surface area (Å²) in [4.78, 5) is 12.3. The van der Waals surface area contributed by atoms with Gasteiger partial charge in [-0.2, -0.15) is 0 Å². The van der Waals surface area contributed by atoms with Gasteiger partial charge in [0.25, 0.3) is 0 Å². The molecule has 1 aromatic carbocycles. The van der Waals surface area contributed by atoms with Gasteiger partial charge in [0, 0.05) is 5.56 Å². The first-order valence-corrected chi connectivity index (χ1v) is 5.30. The quantitative estimate of drug-likeness (QED) is 0.790. The smallest absolute Gasteiger partial charge is 0.165 e. The van der Waals surface area contributed by atoms with Crippen molar-refractivity contribution in [2.24, 2.45) is 4.99 Å². The molecular formula is C12H9FN4O. The summed E-state index contributed by atoms with van der Waals surface area (Å²) < 4.78 is 13.3. The first kappa shape index (κ1) is 10.6. The molecule has 0 saturated heterocycles. The zero-order chi connectivity index (χ0) is 12.7. The van der Waals surface area contributed by atoms with Gasteiger partial charge in [-0.15, -0.1) is 0 Å². The molecule has 3 rings (SSSR count). The van der Waals surface area contributed by atoms with E-state index < -0.39 is 11.6 Å². The molecule has 18 heavy (non-hydrogen) atoms. The molecule has 6 heteroatoms. The number of phenolic OH excluding ortho intramolecular Hbond substituents is 1. The number of nitrogens with two attached hydrogens (primary N) is 1. The molecule has 5 nitrogen and oxygen atoms in total. The van der Waals surface area contributed by atoms with Gasteiger partial charge in [-0.25, -0.2) is 14.4 Å². The zero-order valence-corrected chi connectivity index (χ0v) is 9.26. The van der Waals surface area contributed by atoms with E-state index in [0.29, 0.717) is 29.2 Å². The Morgan fingerprint density at radius 2 is 2.11 bits per heavy atom. The second-order valence-corrected chi connectivity index (χ2v) is 3.91. The van der Waals surface area contributed by atoms with Gasteiger partial charge in [0.15, 0.2) is 11.6 Å². The fraction of sp³-hybridized carbons (Fsp3) is 0.0833. The van der Waals surface area contributed by atoms with Crippen molar-refractivity contribution in [3.05, 3.63) is 47.2 Å². The average molecular weight is 244 g/mol. The molecule has 0 radical (unpaired) electrons. The van der Waals surface area contributed by atoms with Crippen LogP contribution in [0.5, 0.6) is 5.75 Å². The SMILES string of the molecule is Nc1ncnc2c1C(c1ccc(O)c(F)c1)=NC2. The van der Waals surface area contributed by atoms with Crippen molar-refractivity contribution < 1.29 is 9.50 Å². The van der Waals surface area contributed by atoms with E-state index in [1.54, 1.807) is 6.07 Å². The number of aromatic hydroxyl groups is 1. The fourth-order valence-corrected chi connectivity index (χ4v) is 1.94. The minimum Gasteiger partial charge on any atom is -0.505 e. The van der Waals surface area contributed by atoms with E-state index in [4.69, 9.17) is 5.73 Å². The van der Waals surface area contributed by atoms with Crippen LogP contribution in [0.25, 0.3) is 0 Å². The molecular weight excluding hydrogens is 235 g/mol. The van der Waals surface area contributed by atoms with Crippen molar-refractivity contribution in [3.63, 3.8) is 0 Å². The van der Waals surface area contributed by atoms with E-state index in [-0.39, 0.29) is 0 Å². The Morgan fingerprint density at radius 3 is 2.89 bits per heavy atom. The summed E-state index contributed by atoms with van der Waals surface area (Å²) in [7, 11) is 0. The molecule has 0 fully saturated rings. The lowest BCUT2D eigenvalue weighted by Gasteiger charge is -2.06. The number of benzene rings is 1. The maximum atomic E-state index is 13.3. The van der Waals surface area contributed by atoms with Gasteiger partial charge in [-0.05, 0) is 18.2 Å². The third-order valence-electron chi connectivity index (χ3n) is 2.80. The number of aliphatic imine (C=N–C) groups is 1. The standard InChI is InChI=1S/C12H9FN4O/c13-7-3-6(1-2-9(7)18)11-10-8(4-15-11)16-5-17-12(10)14/h1-3,5,18H,4H2,(H2,14,16,17). The summed E-state index contributed by atoms with van der Waals surface area (Å²) in [5.74, 6) is -0.765. The number of hydrogen-bond donors (Lipinski definition) is 2. The predicted molar refractivity (Wildman–Crippen MR) is 63.9 cm³/mol. The van der Waals surface area contributed by atoms with Crippen LogP contribution < -0.4 is 5.73 Å². The number of rotatable bonds is 1. The highest BCUT2D eigenvalue weighted by atomic mass is 19.1. The number of hydrogen-bond acceptors (Lipinski definition) is 5. The maximum Gasteiger partial charge on any atom is 0.165 e. The van der Waals surface area contributed by atoms with Gasteiger partial charge in [0.1, 0.15) is 12.1 Å². The Morgan fingerprint density at radius 1 is 1.28 bits per heavy atom. The van der Waals surface area contributed by atoms with E-state index in [1.807, 2.05) is 0 Å². The Labute approximate surface area is 102 Å². The number of nitrogens with zero attached hydrogens (tertiary/aromatic N) is 3. The van der Waals surface area contributed by atoms with Crippen molar-refractivity contribution in [3.8, 4) is 5.75 Å². The van der Waals surface area contributed by atoms with Gasteiger partial charge >= 0.3 is 0 Å². The third kappa shape index (κ3) is 1.50. The minimum atomic E-state index is -0.695. The highest BCUT2D eigenvalue weighted by molar-refractivity contribution is 6.17. The lowest BCUT2D eigenvalue weighted by Crippen LogP contribution is -2.08. The molecule has 0 unspecified atom stereocenters. The zero-order valence-electron chi connectivity index (χ0n) is 9.26. The van der Waals surface area contributed by atoms with Gasteiger partial charge in [-0.1, -0.05) is 0 Å². The Bertz CT molecular complexity index is 669. The topological polar surface area (TPSA) is 84.4 Å². The normalized spacial score (nSPS) is 13.3. The van der Waals surface area contributed by atoms with Crippen LogP contribution in [0.3, 0.4) is 0 Å². The van der Waals surface area contributed by atoms with Gasteiger partial charge < -0.3 is 10.8 Å². The number of nitrogen functional groups attached to an aromatic ring is 1. The summed E-state index contributed by atoms with van der Waals surface area (Å²) in [5, 5.41) is 9.17. The maximum absolute atomic E-state index is 13.3. The minimum absolute atomic E-state index is 0.324. The fourth-order valence-electron chi connectivity index (χ4n) is 1.94. The van der Waals surface area contributed by atoms with Crippen LogP contribution in [0.2, 0.25) is 0 Å². The van der Waals surface area contributed by atoms with Crippen LogP contribution in [-0.2, 0) is 6.54 Å². The Kier molecular flexibility index (Phi) is 2.22. The summed E-state index contributed by atoms with van der Waals surface area (Å²) >= 11 is 0. The van der Waals surface area contributed by atoms with Crippen LogP contribution >= 0.6 is 0 Å². The third-order valence-corrected chi connectivity index (χ3v) is 2.80. The largest absolute Gasteiger partial charge is 0.505 e. The Balaban J connectivity index is 2.14. The molecule has 2 heterocycles. The first-order valence-electron chi connectivity index (χ1n) is 5.30. The van der Waals surface area contributed by atoms with E-state index >= 15 is 0 Å². The van der Waals surface area contributed by atoms with Crippen LogP contribution in [0, 0.1) is 5.82 Å².